The van der Waals surface area contributed by atoms with Crippen molar-refractivity contribution in [3.8, 4) is 0 Å². The Labute approximate surface area is 89.8 Å². The van der Waals surface area contributed by atoms with Crippen LogP contribution in [0.25, 0.3) is 0 Å². The number of hydrogen-bond acceptors (Lipinski definition) is 3. The fourth-order valence-electron chi connectivity index (χ4n) is 1.58. The summed E-state index contributed by atoms with van der Waals surface area (Å²) < 4.78 is 10.6. The second-order valence-corrected chi connectivity index (χ2v) is 4.88. The fraction of sp³-hybridized carbons (Fsp3) is 0.727. The largest absolute Gasteiger partial charge is 0.368 e. The molecule has 2 atom stereocenters. The van der Waals surface area contributed by atoms with Gasteiger partial charge in [0.15, 0.2) is 0 Å². The summed E-state index contributed by atoms with van der Waals surface area (Å²) in [5, 5.41) is 0. The molecule has 0 aromatic heterocycles. The van der Waals surface area contributed by atoms with Crippen LogP contribution in [0.15, 0.2) is 12.7 Å². The molecule has 0 radical (unpaired) electrons. The van der Waals surface area contributed by atoms with Crippen molar-refractivity contribution >= 4 is 5.91 Å². The Hall–Kier alpha value is -0.870. The van der Waals surface area contributed by atoms with Crippen molar-refractivity contribution in [3.05, 3.63) is 12.7 Å². The molecule has 4 nitrogen and oxygen atoms in total. The Kier molecular flexibility index (Phi) is 2.35. The summed E-state index contributed by atoms with van der Waals surface area (Å²) in [6, 6.07) is 0. The molecule has 84 valence electrons. The van der Waals surface area contributed by atoms with Crippen molar-refractivity contribution in [2.45, 2.75) is 25.0 Å². The zero-order valence-electron chi connectivity index (χ0n) is 9.28. The van der Waals surface area contributed by atoms with E-state index in [1.807, 2.05) is 13.8 Å². The molecule has 0 aromatic rings. The third-order valence-electron chi connectivity index (χ3n) is 2.81. The monoisotopic (exact) mass is 211 g/mol. The average molecular weight is 211 g/mol. The molecule has 2 heterocycles. The van der Waals surface area contributed by atoms with Gasteiger partial charge in [0.2, 0.25) is 5.91 Å². The van der Waals surface area contributed by atoms with Crippen LogP contribution in [-0.4, -0.2) is 48.3 Å². The summed E-state index contributed by atoms with van der Waals surface area (Å²) in [5.41, 5.74) is -0.298. The highest BCUT2D eigenvalue weighted by Crippen LogP contribution is 2.31. The number of carbonyl (C=O) groups excluding carboxylic acids is 1. The number of hydrogen-bond donors (Lipinski definition) is 0. The van der Waals surface area contributed by atoms with Crippen LogP contribution >= 0.6 is 0 Å². The lowest BCUT2D eigenvalue weighted by Gasteiger charge is -2.24. The third kappa shape index (κ3) is 2.58. The molecule has 1 amide bonds. The summed E-state index contributed by atoms with van der Waals surface area (Å²) in [4.78, 5) is 13.4. The smallest absolute Gasteiger partial charge is 0.246 e. The SMILES string of the molecule is C=CC(=O)N(CC1(C)CO1)CC1(C)CO1. The quantitative estimate of drug-likeness (QED) is 0.493. The van der Waals surface area contributed by atoms with E-state index in [2.05, 4.69) is 6.58 Å². The van der Waals surface area contributed by atoms with Gasteiger partial charge in [0, 0.05) is 0 Å². The Morgan fingerprint density at radius 3 is 2.00 bits per heavy atom. The number of ether oxygens (including phenoxy) is 2. The van der Waals surface area contributed by atoms with E-state index in [4.69, 9.17) is 9.47 Å². The molecule has 4 heteroatoms. The number of nitrogens with zero attached hydrogens (tertiary/aromatic N) is 1. The molecule has 2 fully saturated rings. The molecule has 2 rings (SSSR count). The standard InChI is InChI=1S/C11H17NO3/c1-4-9(13)12(5-10(2)7-14-10)6-11(3)8-15-11/h4H,1,5-8H2,2-3H3. The van der Waals surface area contributed by atoms with Crippen molar-refractivity contribution < 1.29 is 14.3 Å². The van der Waals surface area contributed by atoms with E-state index in [-0.39, 0.29) is 17.1 Å². The minimum atomic E-state index is -0.149. The first-order valence-corrected chi connectivity index (χ1v) is 5.16. The van der Waals surface area contributed by atoms with Gasteiger partial charge in [0.1, 0.15) is 11.2 Å². The van der Waals surface area contributed by atoms with Crippen molar-refractivity contribution in [1.82, 2.24) is 4.90 Å². The number of rotatable bonds is 5. The van der Waals surface area contributed by atoms with Crippen LogP contribution in [0.5, 0.6) is 0 Å². The maximum atomic E-state index is 11.6. The highest BCUT2D eigenvalue weighted by atomic mass is 16.6. The lowest BCUT2D eigenvalue weighted by molar-refractivity contribution is -0.127. The maximum absolute atomic E-state index is 11.6. The summed E-state index contributed by atoms with van der Waals surface area (Å²) in [6.07, 6.45) is 1.34. The Bertz CT molecular complexity index is 272. The Balaban J connectivity index is 1.95. The number of epoxide rings is 2. The molecule has 0 N–H and O–H groups in total. The first kappa shape index (κ1) is 10.6. The topological polar surface area (TPSA) is 45.4 Å². The second kappa shape index (κ2) is 3.32. The third-order valence-corrected chi connectivity index (χ3v) is 2.81. The van der Waals surface area contributed by atoms with Gasteiger partial charge >= 0.3 is 0 Å². The van der Waals surface area contributed by atoms with E-state index in [0.29, 0.717) is 13.1 Å². The average Bonchev–Trinajstić information content (AvgIpc) is 3.07. The van der Waals surface area contributed by atoms with Gasteiger partial charge in [-0.2, -0.15) is 0 Å². The van der Waals surface area contributed by atoms with E-state index >= 15 is 0 Å². The number of amides is 1. The normalized spacial score (nSPS) is 37.2. The zero-order chi connectivity index (χ0) is 11.1. The van der Waals surface area contributed by atoms with Crippen LogP contribution in [0.3, 0.4) is 0 Å². The maximum Gasteiger partial charge on any atom is 0.246 e. The van der Waals surface area contributed by atoms with E-state index < -0.39 is 0 Å². The van der Waals surface area contributed by atoms with Gasteiger partial charge in [-0.3, -0.25) is 4.79 Å². The molecule has 15 heavy (non-hydrogen) atoms. The molecule has 2 aliphatic rings. The van der Waals surface area contributed by atoms with Crippen molar-refractivity contribution in [3.63, 3.8) is 0 Å². The Morgan fingerprint density at radius 2 is 1.73 bits per heavy atom. The molecular weight excluding hydrogens is 194 g/mol. The van der Waals surface area contributed by atoms with Crippen LogP contribution < -0.4 is 0 Å². The van der Waals surface area contributed by atoms with Crippen LogP contribution in [0.1, 0.15) is 13.8 Å². The first-order chi connectivity index (χ1) is 6.96. The molecular formula is C11H17NO3. The molecule has 0 aromatic carbocycles. The molecule has 0 saturated carbocycles. The molecule has 2 unspecified atom stereocenters. The van der Waals surface area contributed by atoms with Crippen molar-refractivity contribution in [2.75, 3.05) is 26.3 Å². The van der Waals surface area contributed by atoms with Gasteiger partial charge in [-0.15, -0.1) is 0 Å². The molecule has 2 aliphatic heterocycles. The summed E-state index contributed by atoms with van der Waals surface area (Å²) in [6.45, 7) is 10.2. The first-order valence-electron chi connectivity index (χ1n) is 5.16. The fourth-order valence-corrected chi connectivity index (χ4v) is 1.58. The predicted molar refractivity (Wildman–Crippen MR) is 55.5 cm³/mol. The minimum absolute atomic E-state index is 0.0524. The van der Waals surface area contributed by atoms with Crippen molar-refractivity contribution in [2.24, 2.45) is 0 Å². The van der Waals surface area contributed by atoms with Crippen LogP contribution in [0, 0.1) is 0 Å². The van der Waals surface area contributed by atoms with Crippen LogP contribution in [-0.2, 0) is 14.3 Å². The van der Waals surface area contributed by atoms with Gasteiger partial charge in [0.05, 0.1) is 26.3 Å². The Morgan fingerprint density at radius 1 is 1.33 bits per heavy atom. The highest BCUT2D eigenvalue weighted by molar-refractivity contribution is 5.87. The van der Waals surface area contributed by atoms with Crippen LogP contribution in [0.2, 0.25) is 0 Å². The summed E-state index contributed by atoms with van der Waals surface area (Å²) in [7, 11) is 0. The minimum Gasteiger partial charge on any atom is -0.368 e. The van der Waals surface area contributed by atoms with E-state index in [1.54, 1.807) is 4.90 Å². The van der Waals surface area contributed by atoms with Gasteiger partial charge < -0.3 is 14.4 Å². The lowest BCUT2D eigenvalue weighted by atomic mass is 10.1. The van der Waals surface area contributed by atoms with E-state index in [0.717, 1.165) is 13.2 Å². The van der Waals surface area contributed by atoms with Gasteiger partial charge in [-0.25, -0.2) is 0 Å². The molecule has 2 saturated heterocycles. The summed E-state index contributed by atoms with van der Waals surface area (Å²) in [5.74, 6) is -0.0524. The molecule has 0 bridgehead atoms. The van der Waals surface area contributed by atoms with Gasteiger partial charge in [-0.05, 0) is 19.9 Å². The zero-order valence-corrected chi connectivity index (χ0v) is 9.28. The lowest BCUT2D eigenvalue weighted by Crippen LogP contribution is -2.42. The molecule has 0 aliphatic carbocycles. The van der Waals surface area contributed by atoms with Gasteiger partial charge in [-0.1, -0.05) is 6.58 Å². The van der Waals surface area contributed by atoms with E-state index in [9.17, 15) is 4.79 Å². The van der Waals surface area contributed by atoms with E-state index in [1.165, 1.54) is 6.08 Å². The van der Waals surface area contributed by atoms with Crippen molar-refractivity contribution in [1.29, 1.82) is 0 Å². The van der Waals surface area contributed by atoms with Crippen LogP contribution in [0.4, 0.5) is 0 Å². The number of carbonyl (C=O) groups is 1. The second-order valence-electron chi connectivity index (χ2n) is 4.88. The van der Waals surface area contributed by atoms with Gasteiger partial charge in [0.25, 0.3) is 0 Å². The molecule has 0 spiro atoms. The predicted octanol–water partition coefficient (Wildman–Crippen LogP) is 0.579. The summed E-state index contributed by atoms with van der Waals surface area (Å²) >= 11 is 0. The highest BCUT2D eigenvalue weighted by Gasteiger charge is 2.46.